The van der Waals surface area contributed by atoms with Crippen LogP contribution in [0.4, 0.5) is 0 Å². The normalized spacial score (nSPS) is 10.3. The third kappa shape index (κ3) is 5.11. The predicted molar refractivity (Wildman–Crippen MR) is 105 cm³/mol. The summed E-state index contributed by atoms with van der Waals surface area (Å²) in [6, 6.07) is 19.6. The monoisotopic (exact) mass is 376 g/mol. The van der Waals surface area contributed by atoms with Crippen molar-refractivity contribution >= 4 is 11.8 Å². The van der Waals surface area contributed by atoms with Gasteiger partial charge in [0.1, 0.15) is 11.5 Å². The maximum atomic E-state index is 12.1. The summed E-state index contributed by atoms with van der Waals surface area (Å²) < 4.78 is 0. The fraction of sp³-hybridized carbons (Fsp3) is 0.0909. The summed E-state index contributed by atoms with van der Waals surface area (Å²) in [6.07, 6.45) is 0. The van der Waals surface area contributed by atoms with Gasteiger partial charge in [-0.05, 0) is 59.7 Å². The Morgan fingerprint density at radius 3 is 1.43 bits per heavy atom. The molecule has 0 aliphatic heterocycles. The molecule has 3 rings (SSSR count). The second-order valence-corrected chi connectivity index (χ2v) is 6.28. The third-order valence-electron chi connectivity index (χ3n) is 4.16. The van der Waals surface area contributed by atoms with Crippen LogP contribution in [0, 0.1) is 0 Å². The second-order valence-electron chi connectivity index (χ2n) is 6.28. The van der Waals surface area contributed by atoms with Crippen LogP contribution in [0.25, 0.3) is 0 Å². The SMILES string of the molecule is O=C(NCc1cccc(CNC(=O)c2ccc(O)cc2)c1)c1ccc(O)cc1. The number of rotatable bonds is 6. The van der Waals surface area contributed by atoms with Gasteiger partial charge in [-0.25, -0.2) is 0 Å². The van der Waals surface area contributed by atoms with Crippen molar-refractivity contribution in [1.29, 1.82) is 0 Å². The van der Waals surface area contributed by atoms with Crippen LogP contribution in [0.5, 0.6) is 11.5 Å². The number of hydrogen-bond acceptors (Lipinski definition) is 4. The van der Waals surface area contributed by atoms with Crippen LogP contribution >= 0.6 is 0 Å². The number of phenolic OH excluding ortho intramolecular Hbond substituents is 2. The van der Waals surface area contributed by atoms with Crippen LogP contribution in [0.2, 0.25) is 0 Å². The lowest BCUT2D eigenvalue weighted by Gasteiger charge is -2.09. The lowest BCUT2D eigenvalue weighted by molar-refractivity contribution is 0.0943. The van der Waals surface area contributed by atoms with Gasteiger partial charge in [-0.1, -0.05) is 24.3 Å². The van der Waals surface area contributed by atoms with E-state index in [1.165, 1.54) is 24.3 Å². The van der Waals surface area contributed by atoms with E-state index in [9.17, 15) is 19.8 Å². The summed E-state index contributed by atoms with van der Waals surface area (Å²) in [5.74, 6) is -0.241. The average Bonchev–Trinajstić information content (AvgIpc) is 2.71. The summed E-state index contributed by atoms with van der Waals surface area (Å²) in [5, 5.41) is 24.2. The number of benzene rings is 3. The molecule has 0 fully saturated rings. The zero-order chi connectivity index (χ0) is 19.9. The predicted octanol–water partition coefficient (Wildman–Crippen LogP) is 2.96. The van der Waals surface area contributed by atoms with Crippen molar-refractivity contribution in [1.82, 2.24) is 10.6 Å². The van der Waals surface area contributed by atoms with E-state index in [2.05, 4.69) is 10.6 Å². The molecule has 6 heteroatoms. The molecule has 3 aromatic rings. The highest BCUT2D eigenvalue weighted by molar-refractivity contribution is 5.94. The fourth-order valence-electron chi connectivity index (χ4n) is 2.64. The van der Waals surface area contributed by atoms with E-state index in [1.807, 2.05) is 24.3 Å². The smallest absolute Gasteiger partial charge is 0.251 e. The van der Waals surface area contributed by atoms with Gasteiger partial charge in [0.15, 0.2) is 0 Å². The lowest BCUT2D eigenvalue weighted by atomic mass is 10.1. The third-order valence-corrected chi connectivity index (χ3v) is 4.16. The van der Waals surface area contributed by atoms with Crippen molar-refractivity contribution in [2.24, 2.45) is 0 Å². The summed E-state index contributed by atoms with van der Waals surface area (Å²) in [7, 11) is 0. The highest BCUT2D eigenvalue weighted by Crippen LogP contribution is 2.11. The molecule has 0 aliphatic rings. The highest BCUT2D eigenvalue weighted by Gasteiger charge is 2.07. The van der Waals surface area contributed by atoms with Crippen molar-refractivity contribution in [3.05, 3.63) is 95.1 Å². The number of nitrogens with one attached hydrogen (secondary N) is 2. The molecule has 6 nitrogen and oxygen atoms in total. The number of hydrogen-bond donors (Lipinski definition) is 4. The van der Waals surface area contributed by atoms with Gasteiger partial charge in [-0.3, -0.25) is 9.59 Å². The molecule has 0 aromatic heterocycles. The number of phenols is 2. The van der Waals surface area contributed by atoms with Crippen molar-refractivity contribution in [3.63, 3.8) is 0 Å². The molecule has 0 atom stereocenters. The van der Waals surface area contributed by atoms with Crippen LogP contribution in [0.15, 0.2) is 72.8 Å². The molecule has 28 heavy (non-hydrogen) atoms. The molecule has 4 N–H and O–H groups in total. The van der Waals surface area contributed by atoms with Gasteiger partial charge in [0, 0.05) is 24.2 Å². The summed E-state index contributed by atoms with van der Waals surface area (Å²) >= 11 is 0. The van der Waals surface area contributed by atoms with Crippen molar-refractivity contribution in [2.75, 3.05) is 0 Å². The van der Waals surface area contributed by atoms with Gasteiger partial charge < -0.3 is 20.8 Å². The van der Waals surface area contributed by atoms with Crippen LogP contribution in [0.3, 0.4) is 0 Å². The minimum Gasteiger partial charge on any atom is -0.508 e. The molecule has 0 spiro atoms. The van der Waals surface area contributed by atoms with Crippen molar-refractivity contribution in [2.45, 2.75) is 13.1 Å². The van der Waals surface area contributed by atoms with Crippen LogP contribution in [0.1, 0.15) is 31.8 Å². The lowest BCUT2D eigenvalue weighted by Crippen LogP contribution is -2.24. The van der Waals surface area contributed by atoms with E-state index in [0.29, 0.717) is 24.2 Å². The molecule has 3 aromatic carbocycles. The Labute approximate surface area is 162 Å². The number of carbonyl (C=O) groups excluding carboxylic acids is 2. The number of amides is 2. The van der Waals surface area contributed by atoms with Crippen molar-refractivity contribution in [3.8, 4) is 11.5 Å². The molecule has 2 amide bonds. The topological polar surface area (TPSA) is 98.7 Å². The van der Waals surface area contributed by atoms with Gasteiger partial charge in [0.05, 0.1) is 0 Å². The first-order valence-corrected chi connectivity index (χ1v) is 8.73. The van der Waals surface area contributed by atoms with Gasteiger partial charge in [0.2, 0.25) is 0 Å². The quantitative estimate of drug-likeness (QED) is 0.532. The zero-order valence-electron chi connectivity index (χ0n) is 15.1. The Hall–Kier alpha value is -3.80. The minimum absolute atomic E-state index is 0.110. The van der Waals surface area contributed by atoms with Gasteiger partial charge in [-0.15, -0.1) is 0 Å². The second kappa shape index (κ2) is 8.73. The average molecular weight is 376 g/mol. The Bertz CT molecular complexity index is 890. The molecule has 142 valence electrons. The Morgan fingerprint density at radius 1 is 0.643 bits per heavy atom. The Balaban J connectivity index is 1.54. The Morgan fingerprint density at radius 2 is 1.04 bits per heavy atom. The van der Waals surface area contributed by atoms with Crippen LogP contribution in [-0.2, 0) is 13.1 Å². The van der Waals surface area contributed by atoms with E-state index < -0.39 is 0 Å². The first-order valence-electron chi connectivity index (χ1n) is 8.73. The van der Waals surface area contributed by atoms with Gasteiger partial charge in [-0.2, -0.15) is 0 Å². The summed E-state index contributed by atoms with van der Waals surface area (Å²) in [6.45, 7) is 0.693. The number of aromatic hydroxyl groups is 2. The molecule has 0 bridgehead atoms. The molecular weight excluding hydrogens is 356 g/mol. The van der Waals surface area contributed by atoms with Crippen molar-refractivity contribution < 1.29 is 19.8 Å². The minimum atomic E-state index is -0.231. The van der Waals surface area contributed by atoms with E-state index in [0.717, 1.165) is 11.1 Å². The maximum Gasteiger partial charge on any atom is 0.251 e. The zero-order valence-corrected chi connectivity index (χ0v) is 15.1. The molecular formula is C22H20N2O4. The van der Waals surface area contributed by atoms with Crippen LogP contribution in [-0.4, -0.2) is 22.0 Å². The maximum absolute atomic E-state index is 12.1. The fourth-order valence-corrected chi connectivity index (χ4v) is 2.64. The molecule has 0 aliphatic carbocycles. The molecule has 0 unspecified atom stereocenters. The van der Waals surface area contributed by atoms with E-state index in [1.54, 1.807) is 24.3 Å². The molecule has 0 saturated heterocycles. The van der Waals surface area contributed by atoms with Crippen LogP contribution < -0.4 is 10.6 Å². The molecule has 0 heterocycles. The number of carbonyl (C=O) groups is 2. The first kappa shape index (κ1) is 19.0. The molecule has 0 radical (unpaired) electrons. The highest BCUT2D eigenvalue weighted by atomic mass is 16.3. The molecule has 0 saturated carbocycles. The largest absolute Gasteiger partial charge is 0.508 e. The Kier molecular flexibility index (Phi) is 5.91. The van der Waals surface area contributed by atoms with Gasteiger partial charge in [0.25, 0.3) is 11.8 Å². The summed E-state index contributed by atoms with van der Waals surface area (Å²) in [4.78, 5) is 24.3. The van der Waals surface area contributed by atoms with E-state index in [4.69, 9.17) is 0 Å². The van der Waals surface area contributed by atoms with E-state index >= 15 is 0 Å². The summed E-state index contributed by atoms with van der Waals surface area (Å²) in [5.41, 5.74) is 2.75. The first-order chi connectivity index (χ1) is 13.5. The van der Waals surface area contributed by atoms with E-state index in [-0.39, 0.29) is 23.3 Å². The standard InChI is InChI=1S/C22H20N2O4/c25-19-8-4-17(5-9-19)21(27)23-13-15-2-1-3-16(12-15)14-24-22(28)18-6-10-20(26)11-7-18/h1-12,25-26H,13-14H2,(H,23,27)(H,24,28). The van der Waals surface area contributed by atoms with Gasteiger partial charge >= 0.3 is 0 Å².